The quantitative estimate of drug-likeness (QED) is 0.0292. The number of rotatable bonds is 27. The van der Waals surface area contributed by atoms with E-state index in [4.69, 9.17) is 11.5 Å². The number of nitrogens with zero attached hydrogens (tertiary/aromatic N) is 1. The fourth-order valence-corrected chi connectivity index (χ4v) is 6.83. The number of benzene rings is 1. The van der Waals surface area contributed by atoms with Crippen LogP contribution in [-0.2, 0) is 49.6 Å². The standard InChI is InChI=1S/C40H64N10O13S/c1-4-21(2)32(39(61)44-25(8-5-6-14-41)34(56)48-29(20-64)37(59)47-28(19-52)40(62)63)49-36(58)27(18-51)46-35(57)26(16-23-10-12-24(53)13-11-23)45-33(55)22(3)43-38(60)30-9-7-15-50(30)31(54)17-42/h10-13,21-22,25-30,32,51-53,64H,4-9,14-20,41-42H2,1-3H3,(H,43,60)(H,44,61)(H,45,55)(H,46,57)(H,47,59)(H,48,56)(H,49,58)(H,62,63)/t21-,22-,25-,26-,27-,28-,29-,30-,32-/m0/s1. The number of likely N-dealkylation sites (tertiary alicyclic amines) is 1. The maximum absolute atomic E-state index is 13.9. The molecule has 1 saturated heterocycles. The maximum atomic E-state index is 13.9. The van der Waals surface area contributed by atoms with Gasteiger partial charge >= 0.3 is 5.97 Å². The molecule has 9 atom stereocenters. The van der Waals surface area contributed by atoms with Crippen LogP contribution in [-0.4, -0.2) is 165 Å². The van der Waals surface area contributed by atoms with Crippen molar-refractivity contribution in [1.82, 2.24) is 42.1 Å². The van der Waals surface area contributed by atoms with Gasteiger partial charge in [-0.25, -0.2) is 4.79 Å². The van der Waals surface area contributed by atoms with Crippen LogP contribution in [0.5, 0.6) is 5.75 Å². The van der Waals surface area contributed by atoms with E-state index in [1.165, 1.54) is 36.1 Å². The van der Waals surface area contributed by atoms with Gasteiger partial charge in [-0.05, 0) is 69.2 Å². The lowest BCUT2D eigenvalue weighted by molar-refractivity contribution is -0.143. The van der Waals surface area contributed by atoms with Gasteiger partial charge < -0.3 is 74.0 Å². The van der Waals surface area contributed by atoms with Crippen LogP contribution in [0, 0.1) is 5.92 Å². The third kappa shape index (κ3) is 16.9. The van der Waals surface area contributed by atoms with E-state index in [1.807, 2.05) is 0 Å². The molecule has 0 radical (unpaired) electrons. The van der Waals surface area contributed by atoms with Crippen molar-refractivity contribution in [2.24, 2.45) is 17.4 Å². The van der Waals surface area contributed by atoms with Crippen molar-refractivity contribution in [3.05, 3.63) is 29.8 Å². The van der Waals surface area contributed by atoms with Crippen molar-refractivity contribution in [1.29, 1.82) is 0 Å². The van der Waals surface area contributed by atoms with Crippen LogP contribution in [0.25, 0.3) is 0 Å². The summed E-state index contributed by atoms with van der Waals surface area (Å²) in [5.41, 5.74) is 11.6. The van der Waals surface area contributed by atoms with Crippen molar-refractivity contribution < 1.29 is 63.6 Å². The molecular formula is C40H64N10O13S. The first-order chi connectivity index (χ1) is 30.3. The third-order valence-electron chi connectivity index (χ3n) is 10.6. The number of nitrogens with one attached hydrogen (secondary N) is 7. The fraction of sp³-hybridized carbons (Fsp3) is 0.625. The molecule has 0 aromatic heterocycles. The molecule has 0 spiro atoms. The Hall–Kier alpha value is -5.56. The normalized spacial score (nSPS) is 17.2. The van der Waals surface area contributed by atoms with Gasteiger partial charge in [0, 0.05) is 18.7 Å². The van der Waals surface area contributed by atoms with Crippen LogP contribution in [0.3, 0.4) is 0 Å². The lowest BCUT2D eigenvalue weighted by Crippen LogP contribution is -2.62. The molecule has 64 heavy (non-hydrogen) atoms. The van der Waals surface area contributed by atoms with E-state index in [0.29, 0.717) is 44.2 Å². The zero-order chi connectivity index (χ0) is 48.1. The summed E-state index contributed by atoms with van der Waals surface area (Å²) in [7, 11) is 0. The minimum absolute atomic E-state index is 0.0317. The van der Waals surface area contributed by atoms with Crippen molar-refractivity contribution in [3.8, 4) is 5.75 Å². The average Bonchev–Trinajstić information content (AvgIpc) is 3.78. The van der Waals surface area contributed by atoms with Gasteiger partial charge in [0.2, 0.25) is 47.3 Å². The number of nitrogens with two attached hydrogens (primary N) is 2. The Labute approximate surface area is 376 Å². The molecule has 0 aliphatic carbocycles. The van der Waals surface area contributed by atoms with E-state index >= 15 is 0 Å². The molecule has 358 valence electrons. The highest BCUT2D eigenvalue weighted by molar-refractivity contribution is 7.80. The number of phenols is 1. The number of phenolic OH excluding ortho intramolecular Hbond substituents is 1. The van der Waals surface area contributed by atoms with Gasteiger partial charge in [-0.1, -0.05) is 32.4 Å². The maximum Gasteiger partial charge on any atom is 0.328 e. The number of unbranched alkanes of at least 4 members (excludes halogenated alkanes) is 1. The van der Waals surface area contributed by atoms with Crippen LogP contribution in [0.15, 0.2) is 24.3 Å². The van der Waals surface area contributed by atoms with Crippen LogP contribution in [0.1, 0.15) is 64.9 Å². The van der Waals surface area contributed by atoms with Crippen molar-refractivity contribution in [2.45, 2.75) is 114 Å². The van der Waals surface area contributed by atoms with Gasteiger partial charge in [0.1, 0.15) is 54.1 Å². The van der Waals surface area contributed by atoms with Crippen molar-refractivity contribution in [2.75, 3.05) is 38.6 Å². The first-order valence-electron chi connectivity index (χ1n) is 21.0. The number of carbonyl (C=O) groups is 9. The molecule has 24 heteroatoms. The Bertz CT molecular complexity index is 1770. The van der Waals surface area contributed by atoms with Crippen molar-refractivity contribution in [3.63, 3.8) is 0 Å². The van der Waals surface area contributed by atoms with Crippen molar-refractivity contribution >= 4 is 65.9 Å². The summed E-state index contributed by atoms with van der Waals surface area (Å²) < 4.78 is 0. The van der Waals surface area contributed by atoms with Crippen LogP contribution in [0.2, 0.25) is 0 Å². The summed E-state index contributed by atoms with van der Waals surface area (Å²) >= 11 is 4.08. The minimum atomic E-state index is -1.68. The lowest BCUT2D eigenvalue weighted by atomic mass is 9.97. The second-order valence-corrected chi connectivity index (χ2v) is 15.8. The Balaban J connectivity index is 2.28. The zero-order valence-corrected chi connectivity index (χ0v) is 37.1. The molecule has 0 bridgehead atoms. The highest BCUT2D eigenvalue weighted by atomic mass is 32.1. The molecule has 1 aliphatic rings. The number of aliphatic carboxylic acids is 1. The molecule has 1 heterocycles. The number of aliphatic hydroxyl groups is 2. The largest absolute Gasteiger partial charge is 0.508 e. The predicted molar refractivity (Wildman–Crippen MR) is 233 cm³/mol. The molecule has 0 saturated carbocycles. The van der Waals surface area contributed by atoms with Gasteiger partial charge in [0.25, 0.3) is 0 Å². The number of amides is 8. The number of aromatic hydroxyl groups is 1. The van der Waals surface area contributed by atoms with E-state index in [9.17, 15) is 63.6 Å². The summed E-state index contributed by atoms with van der Waals surface area (Å²) in [6.07, 6.45) is 1.89. The molecule has 1 aromatic carbocycles. The smallest absolute Gasteiger partial charge is 0.328 e. The lowest BCUT2D eigenvalue weighted by Gasteiger charge is -2.29. The van der Waals surface area contributed by atoms with E-state index < -0.39 is 121 Å². The molecular weight excluding hydrogens is 861 g/mol. The Kier molecular flexibility index (Phi) is 23.5. The number of aliphatic hydroxyl groups excluding tert-OH is 2. The van der Waals surface area contributed by atoms with E-state index in [-0.39, 0.29) is 37.4 Å². The highest BCUT2D eigenvalue weighted by Crippen LogP contribution is 2.18. The molecule has 0 unspecified atom stereocenters. The van der Waals surface area contributed by atoms with Crippen LogP contribution in [0.4, 0.5) is 0 Å². The first-order valence-corrected chi connectivity index (χ1v) is 21.6. The summed E-state index contributed by atoms with van der Waals surface area (Å²) in [6.45, 7) is 3.12. The van der Waals surface area contributed by atoms with E-state index in [1.54, 1.807) is 13.8 Å². The van der Waals surface area contributed by atoms with Gasteiger partial charge in [0.15, 0.2) is 0 Å². The van der Waals surface area contributed by atoms with E-state index in [2.05, 4.69) is 49.8 Å². The Morgan fingerprint density at radius 3 is 1.84 bits per heavy atom. The predicted octanol–water partition coefficient (Wildman–Crippen LogP) is -4.53. The van der Waals surface area contributed by atoms with Gasteiger partial charge in [-0.2, -0.15) is 12.6 Å². The third-order valence-corrected chi connectivity index (χ3v) is 11.0. The zero-order valence-electron chi connectivity index (χ0n) is 36.2. The summed E-state index contributed by atoms with van der Waals surface area (Å²) in [5, 5.41) is 55.8. The second-order valence-electron chi connectivity index (χ2n) is 15.4. The second kappa shape index (κ2) is 27.6. The molecule has 1 aliphatic heterocycles. The van der Waals surface area contributed by atoms with Crippen LogP contribution >= 0.6 is 12.6 Å². The van der Waals surface area contributed by atoms with Gasteiger partial charge in [-0.15, -0.1) is 0 Å². The molecule has 2 rings (SSSR count). The van der Waals surface area contributed by atoms with E-state index in [0.717, 1.165) is 0 Å². The number of carbonyl (C=O) groups excluding carboxylic acids is 8. The SMILES string of the molecule is CC[C@H](C)[C@H](NC(=O)[C@H](CO)NC(=O)[C@H](Cc1ccc(O)cc1)NC(=O)[C@H](C)NC(=O)[C@@H]1CCCN1C(=O)CN)C(=O)N[C@@H](CCCCN)C(=O)N[C@@H](CS)C(=O)N[C@@H](CO)C(=O)O. The molecule has 1 fully saturated rings. The first kappa shape index (κ1) is 54.6. The van der Waals surface area contributed by atoms with Gasteiger partial charge in [-0.3, -0.25) is 38.4 Å². The number of hydrogen-bond donors (Lipinski definition) is 14. The number of carboxylic acid groups (broad SMARTS) is 1. The highest BCUT2D eigenvalue weighted by Gasteiger charge is 2.37. The Morgan fingerprint density at radius 2 is 1.28 bits per heavy atom. The number of thiol groups is 1. The summed E-state index contributed by atoms with van der Waals surface area (Å²) in [4.78, 5) is 119. The fourth-order valence-electron chi connectivity index (χ4n) is 6.57. The minimum Gasteiger partial charge on any atom is -0.508 e. The average molecular weight is 925 g/mol. The number of carboxylic acids is 1. The monoisotopic (exact) mass is 924 g/mol. The Morgan fingerprint density at radius 1 is 0.734 bits per heavy atom. The topological polar surface area (TPSA) is 374 Å². The molecule has 15 N–H and O–H groups in total. The molecule has 23 nitrogen and oxygen atoms in total. The van der Waals surface area contributed by atoms with Gasteiger partial charge in [0.05, 0.1) is 19.8 Å². The summed E-state index contributed by atoms with van der Waals surface area (Å²) in [6, 6.07) is -5.12. The summed E-state index contributed by atoms with van der Waals surface area (Å²) in [5.74, 6) is -8.88. The molecule has 1 aromatic rings. The van der Waals surface area contributed by atoms with Crippen LogP contribution < -0.4 is 48.7 Å². The molecule has 8 amide bonds. The number of hydrogen-bond acceptors (Lipinski definition) is 15.